The molecule has 1 heterocycles. The van der Waals surface area contributed by atoms with Crippen LogP contribution in [-0.2, 0) is 28.5 Å². The first-order chi connectivity index (χ1) is 14.3. The van der Waals surface area contributed by atoms with Gasteiger partial charge in [0.05, 0.1) is 33.0 Å². The second kappa shape index (κ2) is 20.6. The fraction of sp³-hybridized carbons (Fsp3) is 0.957. The fourth-order valence-electron chi connectivity index (χ4n) is 3.27. The third-order valence-corrected chi connectivity index (χ3v) is 5.02. The Morgan fingerprint density at radius 2 is 1.41 bits per heavy atom. The van der Waals surface area contributed by atoms with Crippen molar-refractivity contribution in [2.45, 2.75) is 96.7 Å². The van der Waals surface area contributed by atoms with Crippen LogP contribution in [-0.4, -0.2) is 58.5 Å². The minimum atomic E-state index is -0.116. The van der Waals surface area contributed by atoms with Crippen LogP contribution in [0.2, 0.25) is 0 Å². The van der Waals surface area contributed by atoms with E-state index >= 15 is 0 Å². The Balaban J connectivity index is 1.72. The van der Waals surface area contributed by atoms with Crippen LogP contribution in [0.3, 0.4) is 0 Å². The molecule has 172 valence electrons. The second-order valence-corrected chi connectivity index (χ2v) is 7.69. The molecule has 1 aliphatic rings. The van der Waals surface area contributed by atoms with Crippen LogP contribution < -0.4 is 0 Å². The van der Waals surface area contributed by atoms with Gasteiger partial charge < -0.3 is 23.7 Å². The molecular formula is C23H44O6. The number of rotatable bonds is 20. The van der Waals surface area contributed by atoms with Gasteiger partial charge in [-0.25, -0.2) is 0 Å². The van der Waals surface area contributed by atoms with E-state index in [1.54, 1.807) is 0 Å². The van der Waals surface area contributed by atoms with Crippen molar-refractivity contribution in [3.63, 3.8) is 0 Å². The quantitative estimate of drug-likeness (QED) is 0.205. The van der Waals surface area contributed by atoms with Gasteiger partial charge in [0.25, 0.3) is 0 Å². The molecule has 0 aromatic heterocycles. The van der Waals surface area contributed by atoms with Crippen LogP contribution in [0.4, 0.5) is 0 Å². The number of esters is 1. The maximum Gasteiger partial charge on any atom is 0.305 e. The molecule has 6 heteroatoms. The minimum Gasteiger partial charge on any atom is -0.463 e. The standard InChI is InChI=1S/C23H44O6/c1-2-3-4-5-6-7-8-9-10-13-22(24)27-20-18-25-16-17-26-19-21-29-23-14-11-12-15-28-23/h23H,2-21H2,1H3. The molecule has 1 fully saturated rings. The summed E-state index contributed by atoms with van der Waals surface area (Å²) in [5.41, 5.74) is 0. The van der Waals surface area contributed by atoms with E-state index in [2.05, 4.69) is 6.92 Å². The summed E-state index contributed by atoms with van der Waals surface area (Å²) in [5.74, 6) is -0.116. The van der Waals surface area contributed by atoms with E-state index in [1.165, 1.54) is 51.4 Å². The van der Waals surface area contributed by atoms with Crippen molar-refractivity contribution in [1.29, 1.82) is 0 Å². The average Bonchev–Trinajstić information content (AvgIpc) is 2.74. The Morgan fingerprint density at radius 3 is 2.07 bits per heavy atom. The Labute approximate surface area is 177 Å². The van der Waals surface area contributed by atoms with Crippen LogP contribution in [0, 0.1) is 0 Å². The molecule has 1 rings (SSSR count). The maximum absolute atomic E-state index is 11.7. The zero-order valence-electron chi connectivity index (χ0n) is 18.7. The summed E-state index contributed by atoms with van der Waals surface area (Å²) in [6.45, 7) is 5.86. The number of hydrogen-bond acceptors (Lipinski definition) is 6. The smallest absolute Gasteiger partial charge is 0.305 e. The van der Waals surface area contributed by atoms with E-state index in [9.17, 15) is 4.79 Å². The largest absolute Gasteiger partial charge is 0.463 e. The van der Waals surface area contributed by atoms with Crippen LogP contribution in [0.1, 0.15) is 90.4 Å². The number of carbonyl (C=O) groups excluding carboxylic acids is 1. The molecule has 29 heavy (non-hydrogen) atoms. The molecule has 0 spiro atoms. The summed E-state index contributed by atoms with van der Waals surface area (Å²) in [6.07, 6.45) is 15.0. The van der Waals surface area contributed by atoms with Crippen molar-refractivity contribution >= 4 is 5.97 Å². The van der Waals surface area contributed by atoms with Gasteiger partial charge in [0.15, 0.2) is 6.29 Å². The highest BCUT2D eigenvalue weighted by Gasteiger charge is 2.13. The molecule has 0 amide bonds. The minimum absolute atomic E-state index is 0.0613. The van der Waals surface area contributed by atoms with E-state index in [1.807, 2.05) is 0 Å². The van der Waals surface area contributed by atoms with Crippen LogP contribution >= 0.6 is 0 Å². The monoisotopic (exact) mass is 416 g/mol. The molecule has 6 nitrogen and oxygen atoms in total. The highest BCUT2D eigenvalue weighted by atomic mass is 16.7. The van der Waals surface area contributed by atoms with Crippen molar-refractivity contribution in [2.75, 3.05) is 46.2 Å². The Bertz CT molecular complexity index is 357. The highest BCUT2D eigenvalue weighted by Crippen LogP contribution is 2.13. The molecule has 0 aliphatic carbocycles. The number of carbonyl (C=O) groups is 1. The molecule has 0 aromatic rings. The maximum atomic E-state index is 11.7. The molecule has 1 unspecified atom stereocenters. The van der Waals surface area contributed by atoms with E-state index in [0.717, 1.165) is 32.3 Å². The average molecular weight is 417 g/mol. The molecule has 0 saturated carbocycles. The van der Waals surface area contributed by atoms with Gasteiger partial charge >= 0.3 is 5.97 Å². The third-order valence-electron chi connectivity index (χ3n) is 5.02. The van der Waals surface area contributed by atoms with E-state index in [4.69, 9.17) is 23.7 Å². The van der Waals surface area contributed by atoms with Gasteiger partial charge in [0, 0.05) is 13.0 Å². The van der Waals surface area contributed by atoms with E-state index < -0.39 is 0 Å². The number of ether oxygens (including phenoxy) is 5. The highest BCUT2D eigenvalue weighted by molar-refractivity contribution is 5.69. The first kappa shape index (κ1) is 26.3. The van der Waals surface area contributed by atoms with Gasteiger partial charge in [-0.3, -0.25) is 4.79 Å². The van der Waals surface area contributed by atoms with Crippen LogP contribution in [0.25, 0.3) is 0 Å². The lowest BCUT2D eigenvalue weighted by Gasteiger charge is -2.22. The van der Waals surface area contributed by atoms with E-state index in [0.29, 0.717) is 46.1 Å². The molecule has 0 radical (unpaired) electrons. The first-order valence-electron chi connectivity index (χ1n) is 11.9. The van der Waals surface area contributed by atoms with Gasteiger partial charge in [0.2, 0.25) is 0 Å². The Hall–Kier alpha value is -0.690. The summed E-state index contributed by atoms with van der Waals surface area (Å²) in [5, 5.41) is 0. The molecule has 0 bridgehead atoms. The summed E-state index contributed by atoms with van der Waals surface area (Å²) >= 11 is 0. The van der Waals surface area contributed by atoms with Gasteiger partial charge in [-0.05, 0) is 25.7 Å². The number of hydrogen-bond donors (Lipinski definition) is 0. The molecular weight excluding hydrogens is 372 g/mol. The van der Waals surface area contributed by atoms with Crippen molar-refractivity contribution < 1.29 is 28.5 Å². The lowest BCUT2D eigenvalue weighted by Crippen LogP contribution is -2.24. The van der Waals surface area contributed by atoms with Crippen molar-refractivity contribution in [3.8, 4) is 0 Å². The van der Waals surface area contributed by atoms with Gasteiger partial charge in [-0.2, -0.15) is 0 Å². The van der Waals surface area contributed by atoms with Crippen LogP contribution in [0.5, 0.6) is 0 Å². The van der Waals surface area contributed by atoms with Crippen molar-refractivity contribution in [2.24, 2.45) is 0 Å². The molecule has 0 aromatic carbocycles. The molecule has 1 aliphatic heterocycles. The van der Waals surface area contributed by atoms with Gasteiger partial charge in [-0.1, -0.05) is 58.3 Å². The normalized spacial score (nSPS) is 16.8. The predicted molar refractivity (Wildman–Crippen MR) is 114 cm³/mol. The molecule has 0 N–H and O–H groups in total. The van der Waals surface area contributed by atoms with Crippen molar-refractivity contribution in [3.05, 3.63) is 0 Å². The SMILES string of the molecule is CCCCCCCCCCCC(=O)OCCOCCOCCOC1CCCCO1. The summed E-state index contributed by atoms with van der Waals surface area (Å²) in [4.78, 5) is 11.7. The topological polar surface area (TPSA) is 63.2 Å². The first-order valence-corrected chi connectivity index (χ1v) is 11.9. The number of unbranched alkanes of at least 4 members (excludes halogenated alkanes) is 8. The van der Waals surface area contributed by atoms with Crippen molar-refractivity contribution in [1.82, 2.24) is 0 Å². The second-order valence-electron chi connectivity index (χ2n) is 7.69. The van der Waals surface area contributed by atoms with E-state index in [-0.39, 0.29) is 12.3 Å². The lowest BCUT2D eigenvalue weighted by atomic mass is 10.1. The Kier molecular flexibility index (Phi) is 18.7. The Morgan fingerprint density at radius 1 is 0.793 bits per heavy atom. The zero-order chi connectivity index (χ0) is 20.8. The fourth-order valence-corrected chi connectivity index (χ4v) is 3.27. The summed E-state index contributed by atoms with van der Waals surface area (Å²) in [6, 6.07) is 0. The third kappa shape index (κ3) is 17.8. The predicted octanol–water partition coefficient (Wildman–Crippen LogP) is 5.03. The summed E-state index contributed by atoms with van der Waals surface area (Å²) < 4.78 is 27.1. The zero-order valence-corrected chi connectivity index (χ0v) is 18.7. The molecule has 1 atom stereocenters. The summed E-state index contributed by atoms with van der Waals surface area (Å²) in [7, 11) is 0. The van der Waals surface area contributed by atoms with Gasteiger partial charge in [0.1, 0.15) is 6.61 Å². The van der Waals surface area contributed by atoms with Gasteiger partial charge in [-0.15, -0.1) is 0 Å². The van der Waals surface area contributed by atoms with Crippen LogP contribution in [0.15, 0.2) is 0 Å². The molecule has 1 saturated heterocycles. The lowest BCUT2D eigenvalue weighted by molar-refractivity contribution is -0.169.